The molecule has 1 aromatic heterocycles. The maximum absolute atomic E-state index is 12.2. The molecule has 19 heavy (non-hydrogen) atoms. The zero-order valence-electron chi connectivity index (χ0n) is 10.8. The van der Waals surface area contributed by atoms with Gasteiger partial charge < -0.3 is 15.6 Å². The molecule has 3 N–H and O–H groups in total. The number of pyridine rings is 1. The van der Waals surface area contributed by atoms with E-state index in [1.807, 2.05) is 0 Å². The van der Waals surface area contributed by atoms with E-state index < -0.39 is 0 Å². The van der Waals surface area contributed by atoms with Crippen LogP contribution in [0.3, 0.4) is 0 Å². The number of rotatable bonds is 2. The largest absolute Gasteiger partial charge is 0.369 e. The molecule has 2 amide bonds. The highest BCUT2D eigenvalue weighted by atomic mass is 16.2. The number of primary amides is 1. The standard InChI is InChI=1S/C13H17N3O3/c1-8-6-10(7-11(17)15-8)13(19)16-4-2-9(3-5-16)12(14)18/h6-7,9H,2-5H2,1H3,(H2,14,18)(H,15,17). The number of nitrogens with two attached hydrogens (primary N) is 1. The zero-order chi connectivity index (χ0) is 14.0. The molecule has 1 aliphatic heterocycles. The molecular formula is C13H17N3O3. The van der Waals surface area contributed by atoms with Gasteiger partial charge in [0.15, 0.2) is 0 Å². The van der Waals surface area contributed by atoms with Crippen molar-refractivity contribution >= 4 is 11.8 Å². The highest BCUT2D eigenvalue weighted by Gasteiger charge is 2.26. The van der Waals surface area contributed by atoms with Gasteiger partial charge in [0.1, 0.15) is 0 Å². The quantitative estimate of drug-likeness (QED) is 0.787. The van der Waals surface area contributed by atoms with E-state index in [1.54, 1.807) is 17.9 Å². The van der Waals surface area contributed by atoms with Crippen LogP contribution in [-0.4, -0.2) is 34.8 Å². The van der Waals surface area contributed by atoms with E-state index in [0.717, 1.165) is 0 Å². The second-order valence-electron chi connectivity index (χ2n) is 4.89. The number of aryl methyl sites for hydroxylation is 1. The molecule has 2 rings (SSSR count). The smallest absolute Gasteiger partial charge is 0.254 e. The van der Waals surface area contributed by atoms with Crippen molar-refractivity contribution < 1.29 is 9.59 Å². The molecule has 0 aliphatic carbocycles. The Balaban J connectivity index is 2.09. The van der Waals surface area contributed by atoms with E-state index in [0.29, 0.717) is 37.2 Å². The predicted octanol–water partition coefficient (Wildman–Crippen LogP) is 0.0208. The second kappa shape index (κ2) is 5.26. The topological polar surface area (TPSA) is 96.3 Å². The van der Waals surface area contributed by atoms with Crippen LogP contribution in [0, 0.1) is 12.8 Å². The number of hydrogen-bond donors (Lipinski definition) is 2. The number of piperidine rings is 1. The fourth-order valence-corrected chi connectivity index (χ4v) is 2.36. The Morgan fingerprint density at radius 2 is 1.95 bits per heavy atom. The van der Waals surface area contributed by atoms with E-state index in [1.165, 1.54) is 6.07 Å². The molecule has 0 spiro atoms. The summed E-state index contributed by atoms with van der Waals surface area (Å²) in [7, 11) is 0. The van der Waals surface area contributed by atoms with E-state index in [9.17, 15) is 14.4 Å². The Morgan fingerprint density at radius 3 is 2.47 bits per heavy atom. The predicted molar refractivity (Wildman–Crippen MR) is 69.6 cm³/mol. The molecule has 6 heteroatoms. The van der Waals surface area contributed by atoms with Crippen molar-refractivity contribution in [3.63, 3.8) is 0 Å². The first-order valence-electron chi connectivity index (χ1n) is 6.27. The van der Waals surface area contributed by atoms with Gasteiger partial charge in [0.25, 0.3) is 5.91 Å². The first-order chi connectivity index (χ1) is 8.97. The van der Waals surface area contributed by atoms with Crippen LogP contribution in [-0.2, 0) is 4.79 Å². The number of likely N-dealkylation sites (tertiary alicyclic amines) is 1. The Labute approximate surface area is 110 Å². The Morgan fingerprint density at radius 1 is 1.32 bits per heavy atom. The highest BCUT2D eigenvalue weighted by molar-refractivity contribution is 5.94. The summed E-state index contributed by atoms with van der Waals surface area (Å²) in [5, 5.41) is 0. The fourth-order valence-electron chi connectivity index (χ4n) is 2.36. The summed E-state index contributed by atoms with van der Waals surface area (Å²) in [5.74, 6) is -0.624. The average molecular weight is 263 g/mol. The highest BCUT2D eigenvalue weighted by Crippen LogP contribution is 2.18. The van der Waals surface area contributed by atoms with Gasteiger partial charge in [-0.1, -0.05) is 0 Å². The molecular weight excluding hydrogens is 246 g/mol. The summed E-state index contributed by atoms with van der Waals surface area (Å²) in [6.07, 6.45) is 1.17. The minimum Gasteiger partial charge on any atom is -0.369 e. The molecule has 1 aromatic rings. The van der Waals surface area contributed by atoms with E-state index in [4.69, 9.17) is 5.73 Å². The maximum atomic E-state index is 12.2. The van der Waals surface area contributed by atoms with Crippen molar-refractivity contribution in [2.24, 2.45) is 11.7 Å². The Hall–Kier alpha value is -2.11. The number of hydrogen-bond acceptors (Lipinski definition) is 3. The van der Waals surface area contributed by atoms with Crippen molar-refractivity contribution in [1.82, 2.24) is 9.88 Å². The molecule has 0 aromatic carbocycles. The third-order valence-electron chi connectivity index (χ3n) is 3.41. The molecule has 6 nitrogen and oxygen atoms in total. The first kappa shape index (κ1) is 13.3. The molecule has 1 aliphatic rings. The third kappa shape index (κ3) is 3.01. The van der Waals surface area contributed by atoms with Gasteiger partial charge in [0, 0.05) is 36.3 Å². The summed E-state index contributed by atoms with van der Waals surface area (Å²) in [6.45, 7) is 2.73. The lowest BCUT2D eigenvalue weighted by Crippen LogP contribution is -2.42. The molecule has 0 bridgehead atoms. The number of nitrogens with one attached hydrogen (secondary N) is 1. The summed E-state index contributed by atoms with van der Waals surface area (Å²) in [6, 6.07) is 2.96. The van der Waals surface area contributed by atoms with Crippen LogP contribution in [0.4, 0.5) is 0 Å². The third-order valence-corrected chi connectivity index (χ3v) is 3.41. The van der Waals surface area contributed by atoms with Crippen LogP contribution in [0.15, 0.2) is 16.9 Å². The lowest BCUT2D eigenvalue weighted by Gasteiger charge is -2.30. The van der Waals surface area contributed by atoms with Crippen LogP contribution in [0.25, 0.3) is 0 Å². The van der Waals surface area contributed by atoms with Crippen molar-refractivity contribution in [2.45, 2.75) is 19.8 Å². The van der Waals surface area contributed by atoms with Gasteiger partial charge in [-0.05, 0) is 25.8 Å². The minimum absolute atomic E-state index is 0.148. The normalized spacial score (nSPS) is 16.4. The van der Waals surface area contributed by atoms with Crippen LogP contribution in [0.2, 0.25) is 0 Å². The summed E-state index contributed by atoms with van der Waals surface area (Å²) < 4.78 is 0. The van der Waals surface area contributed by atoms with Gasteiger partial charge in [-0.2, -0.15) is 0 Å². The van der Waals surface area contributed by atoms with Crippen molar-refractivity contribution in [2.75, 3.05) is 13.1 Å². The van der Waals surface area contributed by atoms with Gasteiger partial charge >= 0.3 is 0 Å². The van der Waals surface area contributed by atoms with Crippen LogP contribution < -0.4 is 11.3 Å². The van der Waals surface area contributed by atoms with Crippen LogP contribution in [0.1, 0.15) is 28.9 Å². The molecule has 102 valence electrons. The molecule has 1 saturated heterocycles. The van der Waals surface area contributed by atoms with Crippen LogP contribution in [0.5, 0.6) is 0 Å². The van der Waals surface area contributed by atoms with E-state index in [-0.39, 0.29) is 23.3 Å². The van der Waals surface area contributed by atoms with Crippen molar-refractivity contribution in [3.05, 3.63) is 33.7 Å². The summed E-state index contributed by atoms with van der Waals surface area (Å²) >= 11 is 0. The van der Waals surface area contributed by atoms with Gasteiger partial charge in [0.05, 0.1) is 0 Å². The van der Waals surface area contributed by atoms with Crippen molar-refractivity contribution in [3.8, 4) is 0 Å². The monoisotopic (exact) mass is 263 g/mol. The van der Waals surface area contributed by atoms with Gasteiger partial charge in [-0.15, -0.1) is 0 Å². The minimum atomic E-state index is -0.306. The van der Waals surface area contributed by atoms with E-state index >= 15 is 0 Å². The SMILES string of the molecule is Cc1cc(C(=O)N2CCC(C(N)=O)CC2)cc(=O)[nH]1. The average Bonchev–Trinajstić information content (AvgIpc) is 2.37. The van der Waals surface area contributed by atoms with Gasteiger partial charge in [-0.3, -0.25) is 14.4 Å². The lowest BCUT2D eigenvalue weighted by molar-refractivity contribution is -0.123. The number of amides is 2. The Kier molecular flexibility index (Phi) is 3.69. The molecule has 2 heterocycles. The molecule has 0 atom stereocenters. The lowest BCUT2D eigenvalue weighted by atomic mass is 9.96. The van der Waals surface area contributed by atoms with E-state index in [2.05, 4.69) is 4.98 Å². The van der Waals surface area contributed by atoms with Crippen LogP contribution >= 0.6 is 0 Å². The van der Waals surface area contributed by atoms with Crippen molar-refractivity contribution in [1.29, 1.82) is 0 Å². The van der Waals surface area contributed by atoms with Gasteiger partial charge in [0.2, 0.25) is 11.5 Å². The Bertz CT molecular complexity index is 556. The summed E-state index contributed by atoms with van der Waals surface area (Å²) in [5.41, 5.74) is 6.01. The molecule has 0 unspecified atom stereocenters. The molecule has 0 saturated carbocycles. The summed E-state index contributed by atoms with van der Waals surface area (Å²) in [4.78, 5) is 38.9. The fraction of sp³-hybridized carbons (Fsp3) is 0.462. The maximum Gasteiger partial charge on any atom is 0.254 e. The molecule has 1 fully saturated rings. The molecule has 0 radical (unpaired) electrons. The number of H-pyrrole nitrogens is 1. The number of nitrogens with zero attached hydrogens (tertiary/aromatic N) is 1. The number of carbonyl (C=O) groups is 2. The van der Waals surface area contributed by atoms with Gasteiger partial charge in [-0.25, -0.2) is 0 Å². The zero-order valence-corrected chi connectivity index (χ0v) is 10.8. The number of carbonyl (C=O) groups excluding carboxylic acids is 2. The number of aromatic amines is 1. The first-order valence-corrected chi connectivity index (χ1v) is 6.27. The second-order valence-corrected chi connectivity index (χ2v) is 4.89. The number of aromatic nitrogens is 1.